The number of benzene rings is 3. The van der Waals surface area contributed by atoms with Crippen LogP contribution in [0, 0.1) is 0 Å². The summed E-state index contributed by atoms with van der Waals surface area (Å²) in [6.45, 7) is 0. The molecule has 0 bridgehead atoms. The summed E-state index contributed by atoms with van der Waals surface area (Å²) >= 11 is 0. The summed E-state index contributed by atoms with van der Waals surface area (Å²) in [6, 6.07) is 26.5. The SMILES string of the molecule is COc1ccc(-c2nn(-c3ccccc3)cc2[C@H]2CC(c3ccccc3)=NN2S(C)(=O)=O)cc1. The highest BCUT2D eigenvalue weighted by atomic mass is 32.2. The van der Waals surface area contributed by atoms with Crippen molar-refractivity contribution in [2.24, 2.45) is 5.10 Å². The van der Waals surface area contributed by atoms with Crippen LogP contribution >= 0.6 is 0 Å². The Morgan fingerprint density at radius 2 is 1.53 bits per heavy atom. The fourth-order valence-electron chi connectivity index (χ4n) is 4.15. The van der Waals surface area contributed by atoms with Crippen molar-refractivity contribution in [3.05, 3.63) is 102 Å². The summed E-state index contributed by atoms with van der Waals surface area (Å²) < 4.78 is 33.9. The van der Waals surface area contributed by atoms with E-state index in [0.29, 0.717) is 12.1 Å². The molecule has 0 N–H and O–H groups in total. The Morgan fingerprint density at radius 1 is 0.882 bits per heavy atom. The predicted molar refractivity (Wildman–Crippen MR) is 133 cm³/mol. The average molecular weight is 473 g/mol. The van der Waals surface area contributed by atoms with E-state index < -0.39 is 16.1 Å². The second kappa shape index (κ2) is 8.79. The fourth-order valence-corrected chi connectivity index (χ4v) is 5.05. The first-order valence-electron chi connectivity index (χ1n) is 10.9. The molecule has 0 saturated carbocycles. The third kappa shape index (κ3) is 4.20. The van der Waals surface area contributed by atoms with Gasteiger partial charge in [-0.1, -0.05) is 48.5 Å². The lowest BCUT2D eigenvalue weighted by Crippen LogP contribution is -2.26. The molecule has 0 spiro atoms. The predicted octanol–water partition coefficient (Wildman–Crippen LogP) is 4.66. The van der Waals surface area contributed by atoms with E-state index >= 15 is 0 Å². The molecule has 1 aliphatic rings. The molecule has 1 aliphatic heterocycles. The Labute approximate surface area is 199 Å². The number of sulfonamides is 1. The quantitative estimate of drug-likeness (QED) is 0.409. The molecule has 0 aliphatic carbocycles. The molecule has 2 heterocycles. The van der Waals surface area contributed by atoms with Crippen LogP contribution < -0.4 is 4.74 Å². The second-order valence-electron chi connectivity index (χ2n) is 8.11. The van der Waals surface area contributed by atoms with Crippen molar-refractivity contribution in [1.29, 1.82) is 0 Å². The summed E-state index contributed by atoms with van der Waals surface area (Å²) in [5, 5.41) is 9.41. The molecule has 1 atom stereocenters. The van der Waals surface area contributed by atoms with Gasteiger partial charge in [0.05, 0.1) is 36.5 Å². The van der Waals surface area contributed by atoms with Crippen molar-refractivity contribution < 1.29 is 13.2 Å². The Balaban J connectivity index is 1.64. The lowest BCUT2D eigenvalue weighted by Gasteiger charge is -2.21. The van der Waals surface area contributed by atoms with Crippen molar-refractivity contribution in [3.63, 3.8) is 0 Å². The first-order chi connectivity index (χ1) is 16.4. The van der Waals surface area contributed by atoms with Crippen LogP contribution in [0.4, 0.5) is 0 Å². The topological polar surface area (TPSA) is 76.8 Å². The van der Waals surface area contributed by atoms with E-state index in [1.54, 1.807) is 11.8 Å². The highest BCUT2D eigenvalue weighted by molar-refractivity contribution is 7.88. The van der Waals surface area contributed by atoms with Crippen LogP contribution in [0.15, 0.2) is 96.2 Å². The van der Waals surface area contributed by atoms with Crippen molar-refractivity contribution >= 4 is 15.7 Å². The Kier molecular flexibility index (Phi) is 5.67. The van der Waals surface area contributed by atoms with Gasteiger partial charge in [0.2, 0.25) is 10.0 Å². The van der Waals surface area contributed by atoms with Crippen LogP contribution in [0.5, 0.6) is 5.75 Å². The molecule has 4 aromatic rings. The van der Waals surface area contributed by atoms with Gasteiger partial charge in [0.25, 0.3) is 0 Å². The second-order valence-corrected chi connectivity index (χ2v) is 9.95. The Hall–Kier alpha value is -3.91. The van der Waals surface area contributed by atoms with E-state index in [-0.39, 0.29) is 0 Å². The minimum Gasteiger partial charge on any atom is -0.497 e. The molecule has 1 aromatic heterocycles. The van der Waals surface area contributed by atoms with E-state index in [4.69, 9.17) is 9.84 Å². The van der Waals surface area contributed by atoms with E-state index in [9.17, 15) is 8.42 Å². The van der Waals surface area contributed by atoms with E-state index in [2.05, 4.69) is 5.10 Å². The Morgan fingerprint density at radius 3 is 2.15 bits per heavy atom. The maximum absolute atomic E-state index is 12.8. The van der Waals surface area contributed by atoms with Crippen LogP contribution in [0.25, 0.3) is 16.9 Å². The van der Waals surface area contributed by atoms with Gasteiger partial charge in [0.1, 0.15) is 5.75 Å². The lowest BCUT2D eigenvalue weighted by molar-refractivity contribution is 0.375. The molecule has 7 nitrogen and oxygen atoms in total. The number of hydrogen-bond acceptors (Lipinski definition) is 5. The van der Waals surface area contributed by atoms with Crippen molar-refractivity contribution in [1.82, 2.24) is 14.2 Å². The van der Waals surface area contributed by atoms with Gasteiger partial charge in [-0.3, -0.25) is 0 Å². The summed E-state index contributed by atoms with van der Waals surface area (Å²) in [4.78, 5) is 0. The minimum atomic E-state index is -3.62. The zero-order valence-corrected chi connectivity index (χ0v) is 19.7. The normalized spacial score (nSPS) is 15.9. The van der Waals surface area contributed by atoms with Gasteiger partial charge in [-0.15, -0.1) is 0 Å². The van der Waals surface area contributed by atoms with Gasteiger partial charge in [0, 0.05) is 23.7 Å². The van der Waals surface area contributed by atoms with E-state index in [1.165, 1.54) is 10.7 Å². The van der Waals surface area contributed by atoms with Gasteiger partial charge in [0.15, 0.2) is 0 Å². The summed E-state index contributed by atoms with van der Waals surface area (Å²) in [5.74, 6) is 0.737. The molecule has 0 saturated heterocycles. The van der Waals surface area contributed by atoms with Gasteiger partial charge in [-0.25, -0.2) is 13.1 Å². The molecule has 3 aromatic carbocycles. The van der Waals surface area contributed by atoms with Crippen LogP contribution in [0.1, 0.15) is 23.6 Å². The van der Waals surface area contributed by atoms with Gasteiger partial charge >= 0.3 is 0 Å². The van der Waals surface area contributed by atoms with Crippen molar-refractivity contribution in [2.75, 3.05) is 13.4 Å². The summed E-state index contributed by atoms with van der Waals surface area (Å²) in [5.41, 5.74) is 4.87. The van der Waals surface area contributed by atoms with Crippen molar-refractivity contribution in [2.45, 2.75) is 12.5 Å². The number of rotatable bonds is 6. The van der Waals surface area contributed by atoms with Gasteiger partial charge in [-0.05, 0) is 42.0 Å². The molecule has 0 amide bonds. The fraction of sp³-hybridized carbons (Fsp3) is 0.154. The Bertz CT molecular complexity index is 1430. The highest BCUT2D eigenvalue weighted by Gasteiger charge is 2.37. The molecule has 0 radical (unpaired) electrons. The third-order valence-electron chi connectivity index (χ3n) is 5.81. The molecule has 34 heavy (non-hydrogen) atoms. The highest BCUT2D eigenvalue weighted by Crippen LogP contribution is 2.39. The van der Waals surface area contributed by atoms with Gasteiger partial charge in [-0.2, -0.15) is 14.6 Å². The number of nitrogens with zero attached hydrogens (tertiary/aromatic N) is 4. The molecule has 8 heteroatoms. The largest absolute Gasteiger partial charge is 0.497 e. The first-order valence-corrected chi connectivity index (χ1v) is 12.7. The van der Waals surface area contributed by atoms with Crippen LogP contribution in [0.2, 0.25) is 0 Å². The molecular weight excluding hydrogens is 448 g/mol. The molecule has 0 fully saturated rings. The number of hydrogen-bond donors (Lipinski definition) is 0. The zero-order valence-electron chi connectivity index (χ0n) is 18.9. The first kappa shape index (κ1) is 21.9. The third-order valence-corrected chi connectivity index (χ3v) is 6.82. The molecule has 172 valence electrons. The van der Waals surface area contributed by atoms with E-state index in [0.717, 1.165) is 33.8 Å². The standard InChI is InChI=1S/C26H24N4O3S/c1-33-22-15-13-20(14-16-22)26-23(18-29(28-26)21-11-7-4-8-12-21)25-17-24(19-9-5-3-6-10-19)27-30(25)34(2,31)32/h3-16,18,25H,17H2,1-2H3/t25-/m1/s1. The minimum absolute atomic E-state index is 0.445. The summed E-state index contributed by atoms with van der Waals surface area (Å²) in [6.07, 6.45) is 3.54. The molecule has 5 rings (SSSR count). The number of methoxy groups -OCH3 is 1. The smallest absolute Gasteiger partial charge is 0.247 e. The van der Waals surface area contributed by atoms with Gasteiger partial charge < -0.3 is 4.74 Å². The molecule has 0 unspecified atom stereocenters. The maximum atomic E-state index is 12.8. The van der Waals surface area contributed by atoms with Crippen LogP contribution in [-0.2, 0) is 10.0 Å². The van der Waals surface area contributed by atoms with Crippen molar-refractivity contribution in [3.8, 4) is 22.7 Å². The number of hydrazone groups is 1. The maximum Gasteiger partial charge on any atom is 0.247 e. The number of ether oxygens (including phenoxy) is 1. The lowest BCUT2D eigenvalue weighted by atomic mass is 9.97. The summed E-state index contributed by atoms with van der Waals surface area (Å²) in [7, 11) is -2.00. The van der Waals surface area contributed by atoms with E-state index in [1.807, 2.05) is 91.1 Å². The zero-order chi connectivity index (χ0) is 23.7. The average Bonchev–Trinajstić information content (AvgIpc) is 3.50. The monoisotopic (exact) mass is 472 g/mol. The number of para-hydroxylation sites is 1. The van der Waals surface area contributed by atoms with Crippen LogP contribution in [0.3, 0.4) is 0 Å². The van der Waals surface area contributed by atoms with Crippen LogP contribution in [-0.4, -0.2) is 41.7 Å². The number of aromatic nitrogens is 2. The molecular formula is C26H24N4O3S.